The van der Waals surface area contributed by atoms with E-state index in [2.05, 4.69) is 77.9 Å². The summed E-state index contributed by atoms with van der Waals surface area (Å²) < 4.78 is 0.481. The molecule has 2 heteroatoms. The summed E-state index contributed by atoms with van der Waals surface area (Å²) in [6.45, 7) is 13.7. The van der Waals surface area contributed by atoms with E-state index >= 15 is 0 Å². The molecule has 0 aromatic heterocycles. The second-order valence-electron chi connectivity index (χ2n) is 8.65. The van der Waals surface area contributed by atoms with Crippen LogP contribution in [0.5, 0.6) is 0 Å². The Hall–Kier alpha value is -0.387. The van der Waals surface area contributed by atoms with Crippen molar-refractivity contribution in [1.29, 1.82) is 0 Å². The summed E-state index contributed by atoms with van der Waals surface area (Å²) in [5.41, 5.74) is 8.94. The summed E-state index contributed by atoms with van der Waals surface area (Å²) >= 11 is -0.969. The molecule has 23 heavy (non-hydrogen) atoms. The average Bonchev–Trinajstić information content (AvgIpc) is 2.77. The van der Waals surface area contributed by atoms with Gasteiger partial charge in [0.05, 0.1) is 0 Å². The normalized spacial score (nSPS) is 14.6. The van der Waals surface area contributed by atoms with E-state index in [0.717, 1.165) is 0 Å². The molecule has 0 saturated carbocycles. The fourth-order valence-corrected chi connectivity index (χ4v) is 6.45. The monoisotopic (exact) mass is 402 g/mol. The first-order chi connectivity index (χ1) is 10.6. The molecule has 1 aliphatic rings. The Morgan fingerprint density at radius 2 is 1.13 bits per heavy atom. The van der Waals surface area contributed by atoms with Crippen molar-refractivity contribution in [2.45, 2.75) is 56.0 Å². The van der Waals surface area contributed by atoms with Gasteiger partial charge in [0.1, 0.15) is 0 Å². The summed E-state index contributed by atoms with van der Waals surface area (Å²) in [7, 11) is 6.57. The van der Waals surface area contributed by atoms with Crippen molar-refractivity contribution in [2.24, 2.45) is 0 Å². The summed E-state index contributed by atoms with van der Waals surface area (Å²) in [5, 5.41) is 0. The van der Waals surface area contributed by atoms with Gasteiger partial charge in [-0.25, -0.2) is 0 Å². The minimum absolute atomic E-state index is 0.183. The molecule has 0 fully saturated rings. The average molecular weight is 404 g/mol. The number of rotatable bonds is 1. The van der Waals surface area contributed by atoms with Crippen LogP contribution >= 0.6 is 8.51 Å². The maximum atomic E-state index is 6.57. The molecular weight excluding hydrogens is 379 g/mol. The van der Waals surface area contributed by atoms with Gasteiger partial charge in [0.2, 0.25) is 0 Å². The molecule has 2 aromatic rings. The van der Waals surface area contributed by atoms with Crippen LogP contribution in [0.1, 0.15) is 67.4 Å². The van der Waals surface area contributed by atoms with Gasteiger partial charge in [-0.05, 0) is 0 Å². The van der Waals surface area contributed by atoms with Gasteiger partial charge in [-0.2, -0.15) is 0 Å². The predicted octanol–water partition coefficient (Wildman–Crippen LogP) is 6.59. The van der Waals surface area contributed by atoms with E-state index in [1.165, 1.54) is 33.4 Å². The molecule has 0 unspecified atom stereocenters. The van der Waals surface area contributed by atoms with Crippen LogP contribution in [0, 0.1) is 0 Å². The number of benzene rings is 2. The number of fused-ring (bicyclic) bond motifs is 3. The summed E-state index contributed by atoms with van der Waals surface area (Å²) in [6.07, 6.45) is 0. The topological polar surface area (TPSA) is 0 Å². The molecule has 0 atom stereocenters. The third-order valence-corrected chi connectivity index (χ3v) is 8.21. The van der Waals surface area contributed by atoms with Gasteiger partial charge in [-0.1, -0.05) is 0 Å². The van der Waals surface area contributed by atoms with Crippen LogP contribution in [-0.4, -0.2) is 0 Å². The van der Waals surface area contributed by atoms with Gasteiger partial charge in [-0.15, -0.1) is 0 Å². The Balaban J connectivity index is 2.17. The Morgan fingerprint density at radius 3 is 1.43 bits per heavy atom. The first-order valence-corrected chi connectivity index (χ1v) is 12.9. The zero-order valence-corrected chi connectivity index (χ0v) is 18.1. The number of halogens is 1. The fourth-order valence-electron chi connectivity index (χ4n) is 3.31. The number of hydrogen-bond donors (Lipinski definition) is 0. The molecule has 0 spiro atoms. The summed E-state index contributed by atoms with van der Waals surface area (Å²) in [5.74, 6) is 0. The Bertz CT molecular complexity index is 684. The van der Waals surface area contributed by atoms with Crippen LogP contribution in [0.4, 0.5) is 0 Å². The first-order valence-electron chi connectivity index (χ1n) is 8.28. The summed E-state index contributed by atoms with van der Waals surface area (Å²) in [6, 6.07) is 14.1. The van der Waals surface area contributed by atoms with E-state index in [0.29, 0.717) is 3.63 Å². The van der Waals surface area contributed by atoms with Gasteiger partial charge >= 0.3 is 156 Å². The van der Waals surface area contributed by atoms with Crippen molar-refractivity contribution in [3.05, 3.63) is 58.7 Å². The molecule has 120 valence electrons. The SMILES string of the molecule is CC(C)(C)c1ccc2c(c1)[CH]([Zr][Cl])c1cc(C(C)(C)C)ccc1-2. The molecule has 0 radical (unpaired) electrons. The van der Waals surface area contributed by atoms with Crippen LogP contribution in [0.25, 0.3) is 11.1 Å². The third-order valence-electron chi connectivity index (χ3n) is 4.86. The first kappa shape index (κ1) is 17.4. The van der Waals surface area contributed by atoms with E-state index < -0.39 is 22.0 Å². The van der Waals surface area contributed by atoms with Crippen molar-refractivity contribution in [1.82, 2.24) is 0 Å². The van der Waals surface area contributed by atoms with E-state index in [1.807, 2.05) is 0 Å². The van der Waals surface area contributed by atoms with Crippen LogP contribution in [-0.2, 0) is 32.9 Å². The molecule has 1 aliphatic carbocycles. The maximum absolute atomic E-state index is 6.57. The number of hydrogen-bond acceptors (Lipinski definition) is 0. The van der Waals surface area contributed by atoms with Gasteiger partial charge in [-0.3, -0.25) is 0 Å². The molecule has 3 rings (SSSR count). The molecule has 0 saturated heterocycles. The molecule has 2 aromatic carbocycles. The van der Waals surface area contributed by atoms with Crippen molar-refractivity contribution in [3.8, 4) is 11.1 Å². The Kier molecular flexibility index (Phi) is 4.44. The minimum atomic E-state index is -0.969. The van der Waals surface area contributed by atoms with Gasteiger partial charge in [0.25, 0.3) is 0 Å². The molecule has 0 aliphatic heterocycles. The van der Waals surface area contributed by atoms with Crippen LogP contribution in [0.3, 0.4) is 0 Å². The zero-order chi connectivity index (χ0) is 17.0. The Morgan fingerprint density at radius 1 is 0.739 bits per heavy atom. The molecular formula is C21H25ClZr. The van der Waals surface area contributed by atoms with Crippen molar-refractivity contribution in [2.75, 3.05) is 0 Å². The predicted molar refractivity (Wildman–Crippen MR) is 97.0 cm³/mol. The fraction of sp³-hybridized carbons (Fsp3) is 0.429. The molecule has 0 amide bonds. The summed E-state index contributed by atoms with van der Waals surface area (Å²) in [4.78, 5) is 0. The standard InChI is InChI=1S/C21H25.ClH.Zr/c1-20(2,3)16-7-9-18-14(12-16)11-15-13-17(21(4,5)6)8-10-19(15)18;;/h7-13H,1-6H3;1H;/q;;+1/p-1. The second-order valence-corrected chi connectivity index (χ2v) is 11.9. The Labute approximate surface area is 155 Å². The van der Waals surface area contributed by atoms with Crippen LogP contribution < -0.4 is 0 Å². The van der Waals surface area contributed by atoms with Crippen LogP contribution in [0.2, 0.25) is 0 Å². The van der Waals surface area contributed by atoms with Crippen molar-refractivity contribution < 1.29 is 22.0 Å². The van der Waals surface area contributed by atoms with Crippen molar-refractivity contribution >= 4 is 8.51 Å². The molecule has 0 heterocycles. The van der Waals surface area contributed by atoms with Gasteiger partial charge in [0.15, 0.2) is 0 Å². The quantitative estimate of drug-likeness (QED) is 0.503. The van der Waals surface area contributed by atoms with E-state index in [-0.39, 0.29) is 10.8 Å². The van der Waals surface area contributed by atoms with Gasteiger partial charge < -0.3 is 0 Å². The van der Waals surface area contributed by atoms with E-state index in [4.69, 9.17) is 8.51 Å². The molecule has 0 bridgehead atoms. The van der Waals surface area contributed by atoms with E-state index in [9.17, 15) is 0 Å². The molecule has 0 nitrogen and oxygen atoms in total. The molecule has 0 N–H and O–H groups in total. The third kappa shape index (κ3) is 3.12. The second kappa shape index (κ2) is 5.85. The van der Waals surface area contributed by atoms with Crippen LogP contribution in [0.15, 0.2) is 36.4 Å². The van der Waals surface area contributed by atoms with Gasteiger partial charge in [0, 0.05) is 0 Å². The van der Waals surface area contributed by atoms with Crippen molar-refractivity contribution in [3.63, 3.8) is 0 Å². The van der Waals surface area contributed by atoms with E-state index in [1.54, 1.807) is 0 Å². The zero-order valence-electron chi connectivity index (χ0n) is 14.9.